The first-order valence-electron chi connectivity index (χ1n) is 6.12. The minimum Gasteiger partial charge on any atom is -0.174 e. The maximum atomic E-state index is 9.67. The standard InChI is InChI=1S/C14H10.2CHF3/c1-2-6-12-10-14-8-4-3-7-13(14)9-11(12)5-1;2*2-1(3)4/h1-10H;2*1H. The van der Waals surface area contributed by atoms with Gasteiger partial charge in [-0.05, 0) is 33.7 Å². The summed E-state index contributed by atoms with van der Waals surface area (Å²) in [6, 6.07) is 21.4. The zero-order chi connectivity index (χ0) is 16.5. The van der Waals surface area contributed by atoms with Gasteiger partial charge in [-0.15, -0.1) is 0 Å². The summed E-state index contributed by atoms with van der Waals surface area (Å²) in [6.07, 6.45) is 0. The van der Waals surface area contributed by atoms with Crippen molar-refractivity contribution >= 4 is 21.5 Å². The van der Waals surface area contributed by atoms with E-state index in [2.05, 4.69) is 60.7 Å². The maximum Gasteiger partial charge on any atom is 0.379 e. The van der Waals surface area contributed by atoms with Gasteiger partial charge in [0.15, 0.2) is 0 Å². The first-order valence-corrected chi connectivity index (χ1v) is 6.12. The van der Waals surface area contributed by atoms with Gasteiger partial charge < -0.3 is 0 Å². The molecule has 0 aromatic heterocycles. The largest absolute Gasteiger partial charge is 0.379 e. The topological polar surface area (TPSA) is 0 Å². The molecule has 0 heterocycles. The second-order valence-electron chi connectivity index (χ2n) is 4.04. The van der Waals surface area contributed by atoms with Crippen LogP contribution in [-0.4, -0.2) is 13.4 Å². The Kier molecular flexibility index (Phi) is 7.22. The normalized spacial score (nSPS) is 10.2. The average Bonchev–Trinajstić information content (AvgIpc) is 2.44. The predicted octanol–water partition coefficient (Wildman–Crippen LogP) is 6.35. The molecule has 0 saturated heterocycles. The number of fused-ring (bicyclic) bond motifs is 2. The van der Waals surface area contributed by atoms with Crippen molar-refractivity contribution in [2.45, 2.75) is 13.4 Å². The van der Waals surface area contributed by atoms with Crippen molar-refractivity contribution < 1.29 is 26.3 Å². The Morgan fingerprint density at radius 1 is 0.455 bits per heavy atom. The predicted molar refractivity (Wildman–Crippen MR) is 75.7 cm³/mol. The van der Waals surface area contributed by atoms with E-state index in [1.807, 2.05) is 0 Å². The van der Waals surface area contributed by atoms with E-state index in [9.17, 15) is 26.3 Å². The quantitative estimate of drug-likeness (QED) is 0.335. The lowest BCUT2D eigenvalue weighted by Gasteiger charge is -2.00. The molecule has 0 aliphatic carbocycles. The fourth-order valence-corrected chi connectivity index (χ4v) is 1.88. The highest BCUT2D eigenvalue weighted by Crippen LogP contribution is 2.21. The van der Waals surface area contributed by atoms with Crippen LogP contribution < -0.4 is 0 Å². The van der Waals surface area contributed by atoms with Gasteiger partial charge in [0.1, 0.15) is 0 Å². The molecule has 22 heavy (non-hydrogen) atoms. The van der Waals surface area contributed by atoms with Gasteiger partial charge in [-0.25, -0.2) is 0 Å². The summed E-state index contributed by atoms with van der Waals surface area (Å²) in [5, 5.41) is 5.25. The second-order valence-corrected chi connectivity index (χ2v) is 4.04. The Bertz CT molecular complexity index is 580. The average molecular weight is 318 g/mol. The van der Waals surface area contributed by atoms with E-state index >= 15 is 0 Å². The smallest absolute Gasteiger partial charge is 0.174 e. The summed E-state index contributed by atoms with van der Waals surface area (Å²) >= 11 is 0. The Morgan fingerprint density at radius 2 is 0.636 bits per heavy atom. The summed E-state index contributed by atoms with van der Waals surface area (Å²) < 4.78 is 58.0. The molecule has 0 radical (unpaired) electrons. The number of halogens is 6. The van der Waals surface area contributed by atoms with E-state index < -0.39 is 13.4 Å². The molecule has 0 aliphatic rings. The van der Waals surface area contributed by atoms with Gasteiger partial charge in [-0.3, -0.25) is 0 Å². The van der Waals surface area contributed by atoms with Crippen molar-refractivity contribution in [1.82, 2.24) is 0 Å². The molecule has 3 aromatic rings. The highest BCUT2D eigenvalue weighted by atomic mass is 19.4. The molecule has 0 fully saturated rings. The molecule has 3 rings (SSSR count). The molecular weight excluding hydrogens is 306 g/mol. The molecule has 0 aliphatic heterocycles. The van der Waals surface area contributed by atoms with Crippen LogP contribution in [0.15, 0.2) is 60.7 Å². The number of hydrogen-bond donors (Lipinski definition) is 0. The fraction of sp³-hybridized carbons (Fsp3) is 0.125. The maximum absolute atomic E-state index is 9.67. The first kappa shape index (κ1) is 17.8. The molecule has 0 nitrogen and oxygen atoms in total. The number of benzene rings is 3. The molecule has 6 heteroatoms. The molecule has 0 spiro atoms. The molecule has 0 atom stereocenters. The van der Waals surface area contributed by atoms with E-state index in [0.29, 0.717) is 0 Å². The van der Waals surface area contributed by atoms with Crippen molar-refractivity contribution in [2.75, 3.05) is 0 Å². The van der Waals surface area contributed by atoms with E-state index in [4.69, 9.17) is 0 Å². The van der Waals surface area contributed by atoms with Gasteiger partial charge in [0.25, 0.3) is 0 Å². The lowest BCUT2D eigenvalue weighted by molar-refractivity contribution is 0.00734. The Balaban J connectivity index is 0.000000257. The van der Waals surface area contributed by atoms with E-state index in [1.54, 1.807) is 0 Å². The Morgan fingerprint density at radius 3 is 0.818 bits per heavy atom. The molecule has 118 valence electrons. The number of hydrogen-bond acceptors (Lipinski definition) is 0. The van der Waals surface area contributed by atoms with Gasteiger partial charge in [0.2, 0.25) is 0 Å². The Hall–Kier alpha value is -2.24. The summed E-state index contributed by atoms with van der Waals surface area (Å²) in [7, 11) is 0. The molecule has 0 amide bonds. The monoisotopic (exact) mass is 318 g/mol. The van der Waals surface area contributed by atoms with Gasteiger partial charge in [0.05, 0.1) is 0 Å². The van der Waals surface area contributed by atoms with Crippen LogP contribution >= 0.6 is 0 Å². The van der Waals surface area contributed by atoms with Crippen LogP contribution in [-0.2, 0) is 0 Å². The zero-order valence-corrected chi connectivity index (χ0v) is 11.2. The van der Waals surface area contributed by atoms with E-state index in [0.717, 1.165) is 0 Å². The third-order valence-corrected chi connectivity index (χ3v) is 2.61. The van der Waals surface area contributed by atoms with Gasteiger partial charge >= 0.3 is 13.4 Å². The highest BCUT2D eigenvalue weighted by Gasteiger charge is 1.95. The lowest BCUT2D eigenvalue weighted by Crippen LogP contribution is -1.74. The molecule has 0 N–H and O–H groups in total. The fourth-order valence-electron chi connectivity index (χ4n) is 1.88. The van der Waals surface area contributed by atoms with Gasteiger partial charge in [-0.1, -0.05) is 48.5 Å². The van der Waals surface area contributed by atoms with Crippen LogP contribution in [0.5, 0.6) is 0 Å². The minimum atomic E-state index is -3.67. The van der Waals surface area contributed by atoms with Crippen LogP contribution in [0.2, 0.25) is 0 Å². The van der Waals surface area contributed by atoms with E-state index in [1.165, 1.54) is 21.5 Å². The molecule has 0 bridgehead atoms. The van der Waals surface area contributed by atoms with Gasteiger partial charge in [0, 0.05) is 0 Å². The summed E-state index contributed by atoms with van der Waals surface area (Å²) in [4.78, 5) is 0. The highest BCUT2D eigenvalue weighted by molar-refractivity contribution is 5.98. The molecule has 0 unspecified atom stereocenters. The van der Waals surface area contributed by atoms with Crippen LogP contribution in [0.1, 0.15) is 0 Å². The Labute approximate surface area is 123 Å². The SMILES string of the molecule is FC(F)F.FC(F)F.c1ccc2cc3ccccc3cc2c1. The van der Waals surface area contributed by atoms with Crippen LogP contribution in [0.25, 0.3) is 21.5 Å². The van der Waals surface area contributed by atoms with Crippen LogP contribution in [0.3, 0.4) is 0 Å². The van der Waals surface area contributed by atoms with Crippen molar-refractivity contribution in [3.8, 4) is 0 Å². The third kappa shape index (κ3) is 6.47. The van der Waals surface area contributed by atoms with Crippen LogP contribution in [0.4, 0.5) is 26.3 Å². The van der Waals surface area contributed by atoms with Crippen molar-refractivity contribution in [1.29, 1.82) is 0 Å². The minimum absolute atomic E-state index is 1.31. The zero-order valence-electron chi connectivity index (χ0n) is 11.2. The van der Waals surface area contributed by atoms with Crippen molar-refractivity contribution in [2.24, 2.45) is 0 Å². The summed E-state index contributed by atoms with van der Waals surface area (Å²) in [5.41, 5.74) is 0. The first-order chi connectivity index (χ1) is 10.4. The lowest BCUT2D eigenvalue weighted by atomic mass is 10.0. The van der Waals surface area contributed by atoms with E-state index in [-0.39, 0.29) is 0 Å². The molecule has 0 saturated carbocycles. The van der Waals surface area contributed by atoms with Crippen LogP contribution in [0, 0.1) is 0 Å². The summed E-state index contributed by atoms with van der Waals surface area (Å²) in [6.45, 7) is -7.33. The van der Waals surface area contributed by atoms with Gasteiger partial charge in [-0.2, -0.15) is 26.3 Å². The second kappa shape index (κ2) is 8.92. The number of rotatable bonds is 0. The number of alkyl halides is 6. The molecule has 3 aromatic carbocycles. The third-order valence-electron chi connectivity index (χ3n) is 2.61. The van der Waals surface area contributed by atoms with Crippen molar-refractivity contribution in [3.63, 3.8) is 0 Å². The molecular formula is C16H12F6. The summed E-state index contributed by atoms with van der Waals surface area (Å²) in [5.74, 6) is 0. The van der Waals surface area contributed by atoms with Crippen molar-refractivity contribution in [3.05, 3.63) is 60.7 Å².